The molecule has 5 rings (SSSR count). The van der Waals surface area contributed by atoms with Gasteiger partial charge in [-0.1, -0.05) is 18.2 Å². The van der Waals surface area contributed by atoms with Crippen LogP contribution < -0.4 is 20.9 Å². The molecule has 3 N–H and O–H groups in total. The van der Waals surface area contributed by atoms with Gasteiger partial charge in [-0.05, 0) is 69.0 Å². The molecular formula is C31H28F2N8O2. The number of nitriles is 1. The number of carbonyl (C=O) groups excluding carboxylic acids is 2. The molecule has 2 heterocycles. The van der Waals surface area contributed by atoms with Crippen molar-refractivity contribution in [2.24, 2.45) is 0 Å². The van der Waals surface area contributed by atoms with Crippen molar-refractivity contribution >= 4 is 35.1 Å². The molecular weight excluding hydrogens is 554 g/mol. The van der Waals surface area contributed by atoms with E-state index in [4.69, 9.17) is 4.98 Å². The molecule has 0 bridgehead atoms. The molecule has 0 radical (unpaired) electrons. The lowest BCUT2D eigenvalue weighted by molar-refractivity contribution is 0.102. The van der Waals surface area contributed by atoms with Gasteiger partial charge in [0.15, 0.2) is 5.82 Å². The quantitative estimate of drug-likeness (QED) is 0.261. The fraction of sp³-hybridized carbons (Fsp3) is 0.194. The summed E-state index contributed by atoms with van der Waals surface area (Å²) in [6, 6.07) is 16.3. The Bertz CT molecular complexity index is 1750. The van der Waals surface area contributed by atoms with Crippen molar-refractivity contribution in [2.45, 2.75) is 13.5 Å². The number of amides is 3. The number of aromatic nitrogens is 2. The fourth-order valence-corrected chi connectivity index (χ4v) is 4.65. The highest BCUT2D eigenvalue weighted by molar-refractivity contribution is 6.06. The summed E-state index contributed by atoms with van der Waals surface area (Å²) in [4.78, 5) is 38.4. The number of fused-ring (bicyclic) bond motifs is 1. The number of benzene rings is 3. The number of urea groups is 1. The third-order valence-electron chi connectivity index (χ3n) is 6.82. The lowest BCUT2D eigenvalue weighted by atomic mass is 9.97. The number of rotatable bonds is 8. The predicted molar refractivity (Wildman–Crippen MR) is 159 cm³/mol. The Morgan fingerprint density at radius 3 is 2.56 bits per heavy atom. The number of aryl methyl sites for hydroxylation is 1. The van der Waals surface area contributed by atoms with Gasteiger partial charge in [0, 0.05) is 35.5 Å². The van der Waals surface area contributed by atoms with E-state index in [0.29, 0.717) is 46.7 Å². The second-order valence-corrected chi connectivity index (χ2v) is 10.2. The highest BCUT2D eigenvalue weighted by Gasteiger charge is 2.34. The van der Waals surface area contributed by atoms with E-state index in [2.05, 4.69) is 20.9 Å². The maximum absolute atomic E-state index is 15.0. The van der Waals surface area contributed by atoms with E-state index in [1.165, 1.54) is 6.07 Å². The van der Waals surface area contributed by atoms with Gasteiger partial charge in [-0.15, -0.1) is 0 Å². The Morgan fingerprint density at radius 1 is 1.09 bits per heavy atom. The zero-order chi connectivity index (χ0) is 30.7. The van der Waals surface area contributed by atoms with Crippen molar-refractivity contribution in [3.05, 3.63) is 94.6 Å². The van der Waals surface area contributed by atoms with Crippen LogP contribution in [0.1, 0.15) is 27.0 Å². The van der Waals surface area contributed by atoms with Crippen molar-refractivity contribution in [1.29, 1.82) is 5.26 Å². The number of hydrogen-bond acceptors (Lipinski definition) is 7. The normalized spacial score (nSPS) is 12.4. The van der Waals surface area contributed by atoms with Gasteiger partial charge >= 0.3 is 6.03 Å². The maximum atomic E-state index is 15.0. The van der Waals surface area contributed by atoms with Crippen LogP contribution in [0.15, 0.2) is 60.7 Å². The van der Waals surface area contributed by atoms with Crippen LogP contribution in [0.4, 0.5) is 36.7 Å². The summed E-state index contributed by atoms with van der Waals surface area (Å²) in [5.74, 6) is -2.10. The summed E-state index contributed by atoms with van der Waals surface area (Å²) in [6.07, 6.45) is 0. The molecule has 0 aliphatic carbocycles. The van der Waals surface area contributed by atoms with Crippen molar-refractivity contribution in [3.63, 3.8) is 0 Å². The molecule has 0 spiro atoms. The third-order valence-corrected chi connectivity index (χ3v) is 6.82. The lowest BCUT2D eigenvalue weighted by Crippen LogP contribution is -2.43. The smallest absolute Gasteiger partial charge is 0.328 e. The number of para-hydroxylation sites is 1. The van der Waals surface area contributed by atoms with Gasteiger partial charge < -0.3 is 20.9 Å². The van der Waals surface area contributed by atoms with Crippen molar-refractivity contribution in [2.75, 3.05) is 42.7 Å². The molecule has 10 nitrogen and oxygen atoms in total. The SMILES string of the molecule is Cc1ccc(C(=O)Nc2cccc(C#N)c2)cc1-c1nc(NCCN(C)C)nc2c1CNC(=O)N2c1c(F)cccc1F. The van der Waals surface area contributed by atoms with Gasteiger partial charge in [0.05, 0.1) is 23.9 Å². The molecule has 43 heavy (non-hydrogen) atoms. The molecule has 1 aliphatic heterocycles. The van der Waals surface area contributed by atoms with Crippen LogP contribution in [0.25, 0.3) is 11.3 Å². The van der Waals surface area contributed by atoms with E-state index in [1.807, 2.05) is 32.0 Å². The summed E-state index contributed by atoms with van der Waals surface area (Å²) in [5, 5.41) is 17.8. The largest absolute Gasteiger partial charge is 0.353 e. The monoisotopic (exact) mass is 582 g/mol. The third kappa shape index (κ3) is 6.12. The molecule has 1 aliphatic rings. The first-order chi connectivity index (χ1) is 20.7. The minimum absolute atomic E-state index is 0.00906. The highest BCUT2D eigenvalue weighted by atomic mass is 19.1. The molecule has 12 heteroatoms. The van der Waals surface area contributed by atoms with Crippen molar-refractivity contribution < 1.29 is 18.4 Å². The predicted octanol–water partition coefficient (Wildman–Crippen LogP) is 5.19. The molecule has 1 aromatic heterocycles. The molecule has 0 saturated carbocycles. The van der Waals surface area contributed by atoms with Crippen LogP contribution in [-0.2, 0) is 6.54 Å². The minimum Gasteiger partial charge on any atom is -0.353 e. The summed E-state index contributed by atoms with van der Waals surface area (Å²) in [5.41, 5.74) is 2.76. The standard InChI is InChI=1S/C31H28F2N8O2/c1-18-10-11-20(29(42)37-21-7-4-6-19(14-21)16-34)15-22(18)26-23-17-36-31(43)41(27-24(32)8-5-9-25(27)33)28(23)39-30(38-26)35-12-13-40(2)3/h4-11,14-15H,12-13,17H2,1-3H3,(H,36,43)(H,37,42)(H,35,38,39). The zero-order valence-corrected chi connectivity index (χ0v) is 23.7. The number of nitrogens with zero attached hydrogens (tertiary/aromatic N) is 5. The number of halogens is 2. The van der Waals surface area contributed by atoms with Gasteiger partial charge in [-0.3, -0.25) is 4.79 Å². The van der Waals surface area contributed by atoms with E-state index in [9.17, 15) is 23.6 Å². The van der Waals surface area contributed by atoms with Crippen LogP contribution in [0.5, 0.6) is 0 Å². The molecule has 3 amide bonds. The minimum atomic E-state index is -0.930. The lowest BCUT2D eigenvalue weighted by Gasteiger charge is -2.31. The van der Waals surface area contributed by atoms with Gasteiger partial charge in [0.25, 0.3) is 5.91 Å². The fourth-order valence-electron chi connectivity index (χ4n) is 4.65. The van der Waals surface area contributed by atoms with Gasteiger partial charge in [0.2, 0.25) is 5.95 Å². The van der Waals surface area contributed by atoms with E-state index in [-0.39, 0.29) is 18.3 Å². The Morgan fingerprint density at radius 2 is 1.84 bits per heavy atom. The number of likely N-dealkylation sites (N-methyl/N-ethyl adjacent to an activating group) is 1. The molecule has 0 saturated heterocycles. The Balaban J connectivity index is 1.63. The average Bonchev–Trinajstić information content (AvgIpc) is 2.98. The van der Waals surface area contributed by atoms with Gasteiger partial charge in [-0.2, -0.15) is 10.2 Å². The van der Waals surface area contributed by atoms with Crippen LogP contribution in [0.3, 0.4) is 0 Å². The molecule has 0 fully saturated rings. The van der Waals surface area contributed by atoms with E-state index in [1.54, 1.807) is 42.5 Å². The summed E-state index contributed by atoms with van der Waals surface area (Å²) in [7, 11) is 3.81. The number of nitrogens with one attached hydrogen (secondary N) is 3. The average molecular weight is 583 g/mol. The van der Waals surface area contributed by atoms with Crippen LogP contribution in [0.2, 0.25) is 0 Å². The number of anilines is 4. The zero-order valence-electron chi connectivity index (χ0n) is 23.7. The van der Waals surface area contributed by atoms with Crippen molar-refractivity contribution in [1.82, 2.24) is 20.2 Å². The van der Waals surface area contributed by atoms with Crippen LogP contribution in [0, 0.1) is 29.9 Å². The number of hydrogen-bond donors (Lipinski definition) is 3. The Hall–Kier alpha value is -5.41. The van der Waals surface area contributed by atoms with E-state index in [0.717, 1.165) is 22.6 Å². The van der Waals surface area contributed by atoms with Gasteiger partial charge in [0.1, 0.15) is 17.3 Å². The summed E-state index contributed by atoms with van der Waals surface area (Å²) >= 11 is 0. The maximum Gasteiger partial charge on any atom is 0.328 e. The first-order valence-corrected chi connectivity index (χ1v) is 13.4. The Kier molecular flexibility index (Phi) is 8.27. The first-order valence-electron chi connectivity index (χ1n) is 13.4. The second-order valence-electron chi connectivity index (χ2n) is 10.2. The van der Waals surface area contributed by atoms with Crippen molar-refractivity contribution in [3.8, 4) is 17.3 Å². The van der Waals surface area contributed by atoms with E-state index >= 15 is 0 Å². The molecule has 0 atom stereocenters. The molecule has 0 unspecified atom stereocenters. The first kappa shape index (κ1) is 29.1. The second kappa shape index (κ2) is 12.2. The van der Waals surface area contributed by atoms with E-state index < -0.39 is 29.3 Å². The topological polar surface area (TPSA) is 126 Å². The molecule has 218 valence electrons. The number of carbonyl (C=O) groups is 2. The Labute approximate surface area is 247 Å². The highest BCUT2D eigenvalue weighted by Crippen LogP contribution is 2.39. The summed E-state index contributed by atoms with van der Waals surface area (Å²) < 4.78 is 29.9. The van der Waals surface area contributed by atoms with Crippen LogP contribution in [-0.4, -0.2) is 54.0 Å². The molecule has 3 aromatic carbocycles. The molecule has 4 aromatic rings. The van der Waals surface area contributed by atoms with Gasteiger partial charge in [-0.25, -0.2) is 23.5 Å². The summed E-state index contributed by atoms with van der Waals surface area (Å²) in [6.45, 7) is 2.93. The van der Waals surface area contributed by atoms with Crippen LogP contribution >= 0.6 is 0 Å².